The minimum absolute atomic E-state index is 0.0476. The van der Waals surface area contributed by atoms with E-state index in [9.17, 15) is 8.78 Å². The number of rotatable bonds is 2. The van der Waals surface area contributed by atoms with Crippen LogP contribution in [0.1, 0.15) is 0 Å². The van der Waals surface area contributed by atoms with Crippen LogP contribution in [-0.4, -0.2) is 4.98 Å². The molecule has 1 aromatic carbocycles. The Labute approximate surface area is 120 Å². The van der Waals surface area contributed by atoms with Gasteiger partial charge in [-0.1, -0.05) is 23.2 Å². The van der Waals surface area contributed by atoms with Gasteiger partial charge in [0, 0.05) is 12.3 Å². The van der Waals surface area contributed by atoms with Gasteiger partial charge in [-0.3, -0.25) is 0 Å². The lowest BCUT2D eigenvalue weighted by Gasteiger charge is -2.10. The van der Waals surface area contributed by atoms with Gasteiger partial charge in [0.2, 0.25) is 0 Å². The third-order valence-corrected chi connectivity index (χ3v) is 3.17. The Hall–Kier alpha value is -0.910. The van der Waals surface area contributed by atoms with Crippen LogP contribution in [0.15, 0.2) is 28.9 Å². The molecule has 0 atom stereocenters. The minimum atomic E-state index is -0.802. The summed E-state index contributed by atoms with van der Waals surface area (Å²) in [5.74, 6) is -1.22. The average Bonchev–Trinajstić information content (AvgIpc) is 2.25. The maximum absolute atomic E-state index is 13.6. The summed E-state index contributed by atoms with van der Waals surface area (Å²) in [6, 6.07) is 3.33. The van der Waals surface area contributed by atoms with Crippen molar-refractivity contribution < 1.29 is 8.78 Å². The van der Waals surface area contributed by atoms with E-state index >= 15 is 0 Å². The molecule has 2 nitrogen and oxygen atoms in total. The van der Waals surface area contributed by atoms with Crippen molar-refractivity contribution in [3.8, 4) is 0 Å². The number of hydrogen-bond donors (Lipinski definition) is 1. The Bertz CT molecular complexity index is 585. The summed E-state index contributed by atoms with van der Waals surface area (Å²) in [4.78, 5) is 3.97. The molecule has 0 unspecified atom stereocenters. The first-order valence-electron chi connectivity index (χ1n) is 4.70. The van der Waals surface area contributed by atoms with Gasteiger partial charge in [0.1, 0.15) is 11.6 Å². The Balaban J connectivity index is 2.40. The number of nitrogens with one attached hydrogen (secondary N) is 1. The van der Waals surface area contributed by atoms with E-state index in [-0.39, 0.29) is 10.7 Å². The largest absolute Gasteiger partial charge is 0.336 e. The molecular weight excluding hydrogens is 349 g/mol. The molecule has 1 N–H and O–H groups in total. The molecule has 2 aromatic rings. The van der Waals surface area contributed by atoms with Gasteiger partial charge >= 0.3 is 0 Å². The monoisotopic (exact) mass is 352 g/mol. The van der Waals surface area contributed by atoms with Crippen LogP contribution in [0, 0.1) is 11.6 Å². The normalized spacial score (nSPS) is 10.5. The highest BCUT2D eigenvalue weighted by Crippen LogP contribution is 2.32. The zero-order valence-electron chi connectivity index (χ0n) is 8.65. The van der Waals surface area contributed by atoms with Crippen LogP contribution in [0.2, 0.25) is 10.0 Å². The number of benzene rings is 1. The summed E-state index contributed by atoms with van der Waals surface area (Å²) in [6.07, 6.45) is 1.39. The molecular formula is C11H5BrCl2F2N2. The van der Waals surface area contributed by atoms with Crippen molar-refractivity contribution in [2.24, 2.45) is 0 Å². The predicted molar refractivity (Wildman–Crippen MR) is 71.6 cm³/mol. The smallest absolute Gasteiger partial charge is 0.151 e. The lowest BCUT2D eigenvalue weighted by molar-refractivity contribution is 0.586. The van der Waals surface area contributed by atoms with Crippen molar-refractivity contribution >= 4 is 50.6 Å². The average molecular weight is 354 g/mol. The Morgan fingerprint density at radius 1 is 1.17 bits per heavy atom. The van der Waals surface area contributed by atoms with Crippen LogP contribution in [-0.2, 0) is 0 Å². The number of hydrogen-bond acceptors (Lipinski definition) is 2. The molecule has 1 heterocycles. The summed E-state index contributed by atoms with van der Waals surface area (Å²) < 4.78 is 27.0. The molecule has 0 bridgehead atoms. The molecule has 0 aliphatic rings. The maximum atomic E-state index is 13.6. The molecule has 7 heteroatoms. The van der Waals surface area contributed by atoms with Gasteiger partial charge in [-0.15, -0.1) is 0 Å². The van der Waals surface area contributed by atoms with Crippen LogP contribution in [0.3, 0.4) is 0 Å². The van der Waals surface area contributed by atoms with Gasteiger partial charge < -0.3 is 5.32 Å². The number of pyridine rings is 1. The summed E-state index contributed by atoms with van der Waals surface area (Å²) in [7, 11) is 0. The van der Waals surface area contributed by atoms with Crippen LogP contribution in [0.4, 0.5) is 20.3 Å². The summed E-state index contributed by atoms with van der Waals surface area (Å²) in [5, 5.41) is 3.03. The van der Waals surface area contributed by atoms with Crippen LogP contribution < -0.4 is 5.32 Å². The maximum Gasteiger partial charge on any atom is 0.151 e. The SMILES string of the molecule is Fc1cc(F)c(Nc2ncc(Cl)cc2Br)c(Cl)c1. The number of aromatic nitrogens is 1. The second-order valence-electron chi connectivity index (χ2n) is 3.35. The molecule has 0 aliphatic heterocycles. The van der Waals surface area contributed by atoms with Crippen LogP contribution in [0.5, 0.6) is 0 Å². The van der Waals surface area contributed by atoms with E-state index in [2.05, 4.69) is 26.2 Å². The van der Waals surface area contributed by atoms with Gasteiger partial charge in [0.25, 0.3) is 0 Å². The quantitative estimate of drug-likeness (QED) is 0.805. The molecule has 0 fully saturated rings. The molecule has 2 rings (SSSR count). The fourth-order valence-electron chi connectivity index (χ4n) is 1.29. The third kappa shape index (κ3) is 2.91. The van der Waals surface area contributed by atoms with Gasteiger partial charge in [-0.2, -0.15) is 0 Å². The second-order valence-corrected chi connectivity index (χ2v) is 5.05. The first kappa shape index (κ1) is 13.5. The van der Waals surface area contributed by atoms with Gasteiger partial charge in [0.15, 0.2) is 5.82 Å². The van der Waals surface area contributed by atoms with Gasteiger partial charge in [-0.05, 0) is 28.1 Å². The number of halogens is 5. The molecule has 0 amide bonds. The highest BCUT2D eigenvalue weighted by molar-refractivity contribution is 9.10. The van der Waals surface area contributed by atoms with E-state index in [0.717, 1.165) is 12.1 Å². The lowest BCUT2D eigenvalue weighted by Crippen LogP contribution is -1.99. The molecule has 0 spiro atoms. The van der Waals surface area contributed by atoms with E-state index in [0.29, 0.717) is 15.3 Å². The summed E-state index contributed by atoms with van der Waals surface area (Å²) >= 11 is 14.7. The fraction of sp³-hybridized carbons (Fsp3) is 0. The van der Waals surface area contributed by atoms with E-state index in [1.165, 1.54) is 6.20 Å². The molecule has 0 radical (unpaired) electrons. The molecule has 0 aliphatic carbocycles. The van der Waals surface area contributed by atoms with Gasteiger partial charge in [-0.25, -0.2) is 13.8 Å². The highest BCUT2D eigenvalue weighted by Gasteiger charge is 2.12. The molecule has 18 heavy (non-hydrogen) atoms. The zero-order chi connectivity index (χ0) is 13.3. The molecule has 0 saturated heterocycles. The van der Waals surface area contributed by atoms with E-state index in [4.69, 9.17) is 23.2 Å². The van der Waals surface area contributed by atoms with Crippen LogP contribution >= 0.6 is 39.1 Å². The van der Waals surface area contributed by atoms with Crippen molar-refractivity contribution in [1.82, 2.24) is 4.98 Å². The molecule has 94 valence electrons. The van der Waals surface area contributed by atoms with Crippen LogP contribution in [0.25, 0.3) is 0 Å². The van der Waals surface area contributed by atoms with Crippen molar-refractivity contribution in [1.29, 1.82) is 0 Å². The summed E-state index contributed by atoms with van der Waals surface area (Å²) in [5.41, 5.74) is -0.0476. The second kappa shape index (κ2) is 5.38. The highest BCUT2D eigenvalue weighted by atomic mass is 79.9. The predicted octanol–water partition coefficient (Wildman–Crippen LogP) is 5.17. The van der Waals surface area contributed by atoms with E-state index < -0.39 is 11.6 Å². The lowest BCUT2D eigenvalue weighted by atomic mass is 10.3. The third-order valence-electron chi connectivity index (χ3n) is 2.06. The Morgan fingerprint density at radius 2 is 1.89 bits per heavy atom. The standard InChI is InChI=1S/C11H5BrCl2F2N2/c12-7-1-5(13)4-17-11(7)18-10-8(14)2-6(15)3-9(10)16/h1-4H,(H,17,18). The van der Waals surface area contributed by atoms with Crippen molar-refractivity contribution in [3.05, 3.63) is 50.5 Å². The van der Waals surface area contributed by atoms with Crippen molar-refractivity contribution in [3.63, 3.8) is 0 Å². The van der Waals surface area contributed by atoms with E-state index in [1.54, 1.807) is 6.07 Å². The summed E-state index contributed by atoms with van der Waals surface area (Å²) in [6.45, 7) is 0. The first-order chi connectivity index (χ1) is 8.47. The van der Waals surface area contributed by atoms with E-state index in [1.807, 2.05) is 0 Å². The topological polar surface area (TPSA) is 24.9 Å². The minimum Gasteiger partial charge on any atom is -0.336 e. The Morgan fingerprint density at radius 3 is 2.50 bits per heavy atom. The number of nitrogens with zero attached hydrogens (tertiary/aromatic N) is 1. The fourth-order valence-corrected chi connectivity index (χ4v) is 2.27. The number of anilines is 2. The van der Waals surface area contributed by atoms with Crippen molar-refractivity contribution in [2.75, 3.05) is 5.32 Å². The first-order valence-corrected chi connectivity index (χ1v) is 6.25. The molecule has 0 saturated carbocycles. The molecule has 1 aromatic heterocycles. The Kier molecular flexibility index (Phi) is 4.04. The van der Waals surface area contributed by atoms with Gasteiger partial charge in [0.05, 0.1) is 20.2 Å². The van der Waals surface area contributed by atoms with Crippen molar-refractivity contribution in [2.45, 2.75) is 0 Å². The zero-order valence-corrected chi connectivity index (χ0v) is 11.7.